The molecule has 1 N–H and O–H groups in total. The van der Waals surface area contributed by atoms with Crippen LogP contribution in [0.3, 0.4) is 0 Å². The van der Waals surface area contributed by atoms with Crippen LogP contribution in [-0.4, -0.2) is 45.7 Å². The highest BCUT2D eigenvalue weighted by Gasteiger charge is 2.22. The Morgan fingerprint density at radius 1 is 1.20 bits per heavy atom. The van der Waals surface area contributed by atoms with Gasteiger partial charge in [0, 0.05) is 44.2 Å². The van der Waals surface area contributed by atoms with Gasteiger partial charge in [-0.25, -0.2) is 0 Å². The summed E-state index contributed by atoms with van der Waals surface area (Å²) in [5.41, 5.74) is 5.01. The minimum atomic E-state index is 0.195. The van der Waals surface area contributed by atoms with Crippen LogP contribution in [0.4, 0.5) is 0 Å². The molecule has 0 aromatic heterocycles. The molecule has 0 amide bonds. The first-order chi connectivity index (χ1) is 14.4. The van der Waals surface area contributed by atoms with Gasteiger partial charge in [0.05, 0.1) is 6.61 Å². The Morgan fingerprint density at radius 2 is 1.90 bits per heavy atom. The molecule has 0 unspecified atom stereocenters. The number of nitrogens with one attached hydrogen (secondary N) is 1. The Hall–Kier alpha value is -2.89. The van der Waals surface area contributed by atoms with Crippen LogP contribution in [0, 0.1) is 0 Å². The third-order valence-electron chi connectivity index (χ3n) is 5.17. The molecule has 0 aromatic carbocycles. The molecule has 0 bridgehead atoms. The van der Waals surface area contributed by atoms with Crippen molar-refractivity contribution in [3.8, 4) is 0 Å². The van der Waals surface area contributed by atoms with Crippen LogP contribution < -0.4 is 5.32 Å². The van der Waals surface area contributed by atoms with Crippen LogP contribution in [0.15, 0.2) is 69.7 Å². The van der Waals surface area contributed by atoms with Crippen LogP contribution >= 0.6 is 0 Å². The zero-order valence-corrected chi connectivity index (χ0v) is 19.0. The van der Waals surface area contributed by atoms with E-state index < -0.39 is 0 Å². The fourth-order valence-corrected chi connectivity index (χ4v) is 3.32. The number of aldehydes is 1. The van der Waals surface area contributed by atoms with Crippen LogP contribution in [0.25, 0.3) is 0 Å². The maximum Gasteiger partial charge on any atom is 0.231 e. The van der Waals surface area contributed by atoms with E-state index in [0.29, 0.717) is 18.1 Å². The van der Waals surface area contributed by atoms with E-state index in [4.69, 9.17) is 14.2 Å². The number of hydrogen-bond donors (Lipinski definition) is 1. The van der Waals surface area contributed by atoms with Gasteiger partial charge < -0.3 is 24.4 Å². The Kier molecular flexibility index (Phi) is 8.84. The molecule has 1 aliphatic heterocycles. The first-order valence-electron chi connectivity index (χ1n) is 10.4. The predicted octanol–water partition coefficient (Wildman–Crippen LogP) is 4.32. The molecule has 0 saturated carbocycles. The highest BCUT2D eigenvalue weighted by molar-refractivity contribution is 5.72. The van der Waals surface area contributed by atoms with Gasteiger partial charge in [0.2, 0.25) is 6.79 Å². The second-order valence-corrected chi connectivity index (χ2v) is 7.25. The third-order valence-corrected chi connectivity index (χ3v) is 5.17. The zero-order valence-electron chi connectivity index (χ0n) is 19.0. The quantitative estimate of drug-likeness (QED) is 0.262. The number of hydrogen-bond acceptors (Lipinski definition) is 6. The van der Waals surface area contributed by atoms with E-state index in [9.17, 15) is 4.79 Å². The zero-order chi connectivity index (χ0) is 22.1. The molecular weight excluding hydrogens is 380 g/mol. The molecule has 0 aromatic rings. The lowest BCUT2D eigenvalue weighted by atomic mass is 9.89. The fourth-order valence-electron chi connectivity index (χ4n) is 3.32. The highest BCUT2D eigenvalue weighted by atomic mass is 16.7. The van der Waals surface area contributed by atoms with Crippen LogP contribution in [0.1, 0.15) is 40.0 Å². The predicted molar refractivity (Wildman–Crippen MR) is 119 cm³/mol. The molecule has 0 spiro atoms. The van der Waals surface area contributed by atoms with Crippen LogP contribution in [0.5, 0.6) is 0 Å². The van der Waals surface area contributed by atoms with E-state index in [1.807, 2.05) is 58.1 Å². The molecule has 6 heteroatoms. The molecule has 6 nitrogen and oxygen atoms in total. The van der Waals surface area contributed by atoms with E-state index in [2.05, 4.69) is 12.2 Å². The lowest BCUT2D eigenvalue weighted by Crippen LogP contribution is -2.11. The van der Waals surface area contributed by atoms with Crippen molar-refractivity contribution in [1.82, 2.24) is 10.2 Å². The summed E-state index contributed by atoms with van der Waals surface area (Å²) >= 11 is 0. The first-order valence-corrected chi connectivity index (χ1v) is 10.4. The molecule has 164 valence electrons. The van der Waals surface area contributed by atoms with Crippen LogP contribution in [0.2, 0.25) is 0 Å². The number of ether oxygens (including phenoxy) is 3. The number of allylic oxidation sites excluding steroid dienone is 9. The molecule has 1 heterocycles. The Bertz CT molecular complexity index is 826. The summed E-state index contributed by atoms with van der Waals surface area (Å²) in [5.74, 6) is 2.17. The lowest BCUT2D eigenvalue weighted by Gasteiger charge is -2.21. The van der Waals surface area contributed by atoms with Gasteiger partial charge in [0.25, 0.3) is 0 Å². The van der Waals surface area contributed by atoms with E-state index in [0.717, 1.165) is 59.4 Å². The summed E-state index contributed by atoms with van der Waals surface area (Å²) < 4.78 is 17.3. The monoisotopic (exact) mass is 414 g/mol. The minimum Gasteiger partial charge on any atom is -0.494 e. The summed E-state index contributed by atoms with van der Waals surface area (Å²) in [5, 5.41) is 3.22. The maximum absolute atomic E-state index is 11.6. The van der Waals surface area contributed by atoms with Gasteiger partial charge >= 0.3 is 0 Å². The van der Waals surface area contributed by atoms with Gasteiger partial charge in [-0.2, -0.15) is 0 Å². The van der Waals surface area contributed by atoms with Crippen molar-refractivity contribution in [2.75, 3.05) is 34.5 Å². The van der Waals surface area contributed by atoms with Crippen molar-refractivity contribution >= 4 is 6.29 Å². The number of nitrogens with zero attached hydrogens (tertiary/aromatic N) is 1. The topological polar surface area (TPSA) is 60.0 Å². The van der Waals surface area contributed by atoms with E-state index in [1.54, 1.807) is 6.08 Å². The summed E-state index contributed by atoms with van der Waals surface area (Å²) in [7, 11) is 5.89. The second-order valence-electron chi connectivity index (χ2n) is 7.25. The average Bonchev–Trinajstić information content (AvgIpc) is 3.13. The SMILES string of the molecule is CCOC(/C=C(\C)N(C)C)=C(CC)\C(=C\C=O)C1=CC2=C(/C=C(/NC)CC1)OCO2. The van der Waals surface area contributed by atoms with Crippen molar-refractivity contribution in [2.24, 2.45) is 0 Å². The highest BCUT2D eigenvalue weighted by Crippen LogP contribution is 2.34. The van der Waals surface area contributed by atoms with E-state index >= 15 is 0 Å². The van der Waals surface area contributed by atoms with E-state index in [-0.39, 0.29) is 6.79 Å². The molecular formula is C24H34N2O4. The van der Waals surface area contributed by atoms with Gasteiger partial charge in [-0.3, -0.25) is 4.79 Å². The van der Waals surface area contributed by atoms with Gasteiger partial charge in [-0.05, 0) is 62.5 Å². The van der Waals surface area contributed by atoms with Crippen LogP contribution in [-0.2, 0) is 19.0 Å². The maximum atomic E-state index is 11.6. The smallest absolute Gasteiger partial charge is 0.231 e. The van der Waals surface area contributed by atoms with Crippen molar-refractivity contribution in [1.29, 1.82) is 0 Å². The van der Waals surface area contributed by atoms with Gasteiger partial charge in [-0.15, -0.1) is 0 Å². The standard InChI is InChI=1S/C24H34N2O4/c1-7-20(22(28-8-2)13-17(3)26(5)6)21(11-12-27)18-9-10-19(25-4)15-24-23(14-18)29-16-30-24/h11-15,25H,7-10,16H2,1-6H3/b17-13+,18-14?,19-15+,21-11+,22-20-. The van der Waals surface area contributed by atoms with Gasteiger partial charge in [-0.1, -0.05) is 6.92 Å². The molecule has 0 saturated heterocycles. The molecule has 0 radical (unpaired) electrons. The molecule has 0 atom stereocenters. The number of carbonyl (C=O) groups is 1. The largest absolute Gasteiger partial charge is 0.494 e. The third kappa shape index (κ3) is 5.81. The Labute approximate surface area is 180 Å². The minimum absolute atomic E-state index is 0.195. The molecule has 1 aliphatic carbocycles. The van der Waals surface area contributed by atoms with E-state index in [1.165, 1.54) is 0 Å². The molecule has 2 rings (SSSR count). The molecule has 0 fully saturated rings. The second kappa shape index (κ2) is 11.3. The Balaban J connectivity index is 2.62. The summed E-state index contributed by atoms with van der Waals surface area (Å²) in [6.45, 7) is 6.82. The van der Waals surface area contributed by atoms with Crippen molar-refractivity contribution in [3.63, 3.8) is 0 Å². The molecule has 30 heavy (non-hydrogen) atoms. The van der Waals surface area contributed by atoms with Crippen molar-refractivity contribution in [3.05, 3.63) is 69.7 Å². The lowest BCUT2D eigenvalue weighted by molar-refractivity contribution is -0.104. The number of rotatable bonds is 9. The summed E-state index contributed by atoms with van der Waals surface area (Å²) in [6.07, 6.45) is 10.7. The average molecular weight is 415 g/mol. The summed E-state index contributed by atoms with van der Waals surface area (Å²) in [4.78, 5) is 13.6. The van der Waals surface area contributed by atoms with Gasteiger partial charge in [0.1, 0.15) is 12.0 Å². The molecule has 2 aliphatic rings. The first kappa shape index (κ1) is 23.4. The van der Waals surface area contributed by atoms with Gasteiger partial charge in [0.15, 0.2) is 11.5 Å². The summed E-state index contributed by atoms with van der Waals surface area (Å²) in [6, 6.07) is 0. The van der Waals surface area contributed by atoms with Crippen molar-refractivity contribution < 1.29 is 19.0 Å². The Morgan fingerprint density at radius 3 is 2.47 bits per heavy atom. The number of carbonyl (C=O) groups excluding carboxylic acids is 1. The van der Waals surface area contributed by atoms with Crippen molar-refractivity contribution in [2.45, 2.75) is 40.0 Å². The normalized spacial score (nSPS) is 19.8. The fraction of sp³-hybridized carbons (Fsp3) is 0.458.